The average Bonchev–Trinajstić information content (AvgIpc) is 3.60. The molecule has 3 amide bonds. The van der Waals surface area contributed by atoms with Gasteiger partial charge < -0.3 is 29.7 Å². The number of aliphatic hydroxyl groups excluding tert-OH is 1. The molecule has 3 aliphatic rings. The molecule has 0 saturated carbocycles. The number of carbonyl (C=O) groups is 4. The molecule has 0 aromatic heterocycles. The van der Waals surface area contributed by atoms with Gasteiger partial charge in [-0.25, -0.2) is 0 Å². The Morgan fingerprint density at radius 3 is 2.76 bits per heavy atom. The second-order valence-electron chi connectivity index (χ2n) is 11.2. The lowest BCUT2D eigenvalue weighted by Gasteiger charge is -2.37. The minimum Gasteiger partial charge on any atom is -0.460 e. The molecule has 6 atom stereocenters. The van der Waals surface area contributed by atoms with Crippen molar-refractivity contribution in [1.29, 1.82) is 0 Å². The van der Waals surface area contributed by atoms with Crippen LogP contribution >= 0.6 is 11.6 Å². The van der Waals surface area contributed by atoms with Gasteiger partial charge in [0, 0.05) is 26.1 Å². The number of para-hydroxylation sites is 1. The van der Waals surface area contributed by atoms with E-state index in [-0.39, 0.29) is 56.8 Å². The number of hydrogen-bond acceptors (Lipinski definition) is 7. The van der Waals surface area contributed by atoms with Crippen molar-refractivity contribution in [2.75, 3.05) is 31.1 Å². The number of anilines is 1. The van der Waals surface area contributed by atoms with Crippen molar-refractivity contribution in [2.45, 2.75) is 69.8 Å². The number of fused-ring (bicyclic) bond motifs is 1. The Hall–Kier alpha value is -3.21. The summed E-state index contributed by atoms with van der Waals surface area (Å²) in [6.45, 7) is 11.2. The highest BCUT2D eigenvalue weighted by atomic mass is 35.5. The van der Waals surface area contributed by atoms with E-state index in [1.54, 1.807) is 31.2 Å². The normalized spacial score (nSPS) is 26.5. The lowest BCUT2D eigenvalue weighted by atomic mass is 9.70. The second-order valence-corrected chi connectivity index (χ2v) is 11.6. The smallest absolute Gasteiger partial charge is 0.312 e. The van der Waals surface area contributed by atoms with Crippen LogP contribution in [0.1, 0.15) is 44.6 Å². The van der Waals surface area contributed by atoms with Crippen LogP contribution in [0.5, 0.6) is 0 Å². The van der Waals surface area contributed by atoms with Crippen molar-refractivity contribution in [3.05, 3.63) is 54.1 Å². The first kappa shape index (κ1) is 31.7. The van der Waals surface area contributed by atoms with Crippen molar-refractivity contribution >= 4 is 41.0 Å². The number of aliphatic hydroxyl groups is 1. The summed E-state index contributed by atoms with van der Waals surface area (Å²) >= 11 is 6.57. The van der Waals surface area contributed by atoms with E-state index in [4.69, 9.17) is 21.1 Å². The fourth-order valence-corrected chi connectivity index (χ4v) is 6.94. The molecule has 228 valence electrons. The predicted octanol–water partition coefficient (Wildman–Crippen LogP) is 2.94. The molecular formula is C31H40ClN3O7. The highest BCUT2D eigenvalue weighted by molar-refractivity contribution is 6.34. The molecule has 3 saturated heterocycles. The maximum atomic E-state index is 14.5. The fraction of sp³-hybridized carbons (Fsp3) is 0.548. The van der Waals surface area contributed by atoms with E-state index in [0.717, 1.165) is 5.56 Å². The zero-order valence-corrected chi connectivity index (χ0v) is 25.0. The van der Waals surface area contributed by atoms with Crippen LogP contribution in [0.25, 0.3) is 0 Å². The van der Waals surface area contributed by atoms with Gasteiger partial charge in [-0.05, 0) is 51.2 Å². The molecule has 1 spiro atoms. The Kier molecular flexibility index (Phi) is 10.1. The summed E-state index contributed by atoms with van der Waals surface area (Å²) in [4.78, 5) is 57.0. The molecular weight excluding hydrogens is 562 g/mol. The van der Waals surface area contributed by atoms with Crippen LogP contribution in [0.3, 0.4) is 0 Å². The summed E-state index contributed by atoms with van der Waals surface area (Å²) in [5, 5.41) is 12.7. The monoisotopic (exact) mass is 601 g/mol. The standard InChI is InChI=1S/C31H40ClN3O7/c1-5-7-12-23(37)33-18-20(4)41-30(40)24-22-13-14-31(42-22)25(24)28(38)35(16-9-17-36)27(31)29(39)34(15-6-2)26-19(3)10-8-11-21(26)32/h5-6,8,10-11,20,22,24-25,27,36H,1-2,7,9,12-18H2,3-4H3,(H,33,37)/t20-,22+,24-,25-,27+,31-/m1/s1. The maximum absolute atomic E-state index is 14.5. The number of amides is 3. The molecule has 11 heteroatoms. The van der Waals surface area contributed by atoms with Gasteiger partial charge in [0.25, 0.3) is 5.91 Å². The van der Waals surface area contributed by atoms with Gasteiger partial charge in [-0.2, -0.15) is 0 Å². The number of halogens is 1. The van der Waals surface area contributed by atoms with Gasteiger partial charge in [-0.3, -0.25) is 19.2 Å². The van der Waals surface area contributed by atoms with Crippen LogP contribution in [-0.2, 0) is 28.7 Å². The van der Waals surface area contributed by atoms with Crippen molar-refractivity contribution in [1.82, 2.24) is 10.2 Å². The van der Waals surface area contributed by atoms with Gasteiger partial charge in [0.2, 0.25) is 11.8 Å². The predicted molar refractivity (Wildman–Crippen MR) is 158 cm³/mol. The number of likely N-dealkylation sites (tertiary alicyclic amines) is 1. The quantitative estimate of drug-likeness (QED) is 0.248. The van der Waals surface area contributed by atoms with Crippen LogP contribution < -0.4 is 10.2 Å². The first-order chi connectivity index (χ1) is 20.1. The molecule has 2 bridgehead atoms. The molecule has 10 nitrogen and oxygen atoms in total. The number of aryl methyl sites for hydroxylation is 1. The van der Waals surface area contributed by atoms with Crippen molar-refractivity contribution in [2.24, 2.45) is 11.8 Å². The number of nitrogens with zero attached hydrogens (tertiary/aromatic N) is 2. The van der Waals surface area contributed by atoms with Crippen LogP contribution in [0, 0.1) is 18.8 Å². The van der Waals surface area contributed by atoms with E-state index in [1.807, 2.05) is 13.0 Å². The summed E-state index contributed by atoms with van der Waals surface area (Å²) in [5.41, 5.74) is 0.0712. The number of rotatable bonds is 14. The summed E-state index contributed by atoms with van der Waals surface area (Å²) in [5.74, 6) is -3.33. The first-order valence-electron chi connectivity index (χ1n) is 14.5. The number of esters is 1. The molecule has 0 aliphatic carbocycles. The molecule has 1 aromatic rings. The molecule has 3 aliphatic heterocycles. The number of nitrogens with one attached hydrogen (secondary N) is 1. The van der Waals surface area contributed by atoms with E-state index in [1.165, 1.54) is 9.80 Å². The summed E-state index contributed by atoms with van der Waals surface area (Å²) in [6, 6.07) is 4.32. The van der Waals surface area contributed by atoms with Gasteiger partial charge in [0.05, 0.1) is 35.2 Å². The Bertz CT molecular complexity index is 1220. The maximum Gasteiger partial charge on any atom is 0.312 e. The van der Waals surface area contributed by atoms with E-state index in [0.29, 0.717) is 30.0 Å². The Morgan fingerprint density at radius 1 is 1.33 bits per heavy atom. The lowest BCUT2D eigenvalue weighted by molar-refractivity contribution is -0.159. The topological polar surface area (TPSA) is 125 Å². The average molecular weight is 602 g/mol. The zero-order valence-electron chi connectivity index (χ0n) is 24.2. The molecule has 3 heterocycles. The fourth-order valence-electron chi connectivity index (χ4n) is 6.61. The summed E-state index contributed by atoms with van der Waals surface area (Å²) < 4.78 is 12.2. The third kappa shape index (κ3) is 5.85. The van der Waals surface area contributed by atoms with Crippen molar-refractivity contribution in [3.8, 4) is 0 Å². The molecule has 3 fully saturated rings. The number of hydrogen-bond donors (Lipinski definition) is 2. The number of carbonyl (C=O) groups excluding carboxylic acids is 4. The van der Waals surface area contributed by atoms with Gasteiger partial charge in [-0.1, -0.05) is 35.9 Å². The van der Waals surface area contributed by atoms with Crippen LogP contribution in [0.4, 0.5) is 5.69 Å². The highest BCUT2D eigenvalue weighted by Gasteiger charge is 2.75. The first-order valence-corrected chi connectivity index (χ1v) is 14.8. The van der Waals surface area contributed by atoms with Crippen LogP contribution in [-0.4, -0.2) is 83.8 Å². The van der Waals surface area contributed by atoms with Gasteiger partial charge in [0.1, 0.15) is 17.7 Å². The molecule has 42 heavy (non-hydrogen) atoms. The van der Waals surface area contributed by atoms with Crippen LogP contribution in [0.15, 0.2) is 43.5 Å². The number of ether oxygens (including phenoxy) is 2. The van der Waals surface area contributed by atoms with Crippen LogP contribution in [0.2, 0.25) is 5.02 Å². The Morgan fingerprint density at radius 2 is 2.10 bits per heavy atom. The third-order valence-electron chi connectivity index (χ3n) is 8.38. The molecule has 0 unspecified atom stereocenters. The minimum atomic E-state index is -1.23. The van der Waals surface area contributed by atoms with Crippen molar-refractivity contribution in [3.63, 3.8) is 0 Å². The van der Waals surface area contributed by atoms with Gasteiger partial charge in [-0.15, -0.1) is 13.2 Å². The third-order valence-corrected chi connectivity index (χ3v) is 8.68. The molecule has 4 rings (SSSR count). The Balaban J connectivity index is 1.62. The molecule has 1 aromatic carbocycles. The molecule has 2 N–H and O–H groups in total. The van der Waals surface area contributed by atoms with E-state index in [2.05, 4.69) is 18.5 Å². The lowest BCUT2D eigenvalue weighted by Crippen LogP contribution is -2.56. The van der Waals surface area contributed by atoms with E-state index < -0.39 is 41.7 Å². The van der Waals surface area contributed by atoms with E-state index in [9.17, 15) is 24.3 Å². The van der Waals surface area contributed by atoms with Gasteiger partial charge >= 0.3 is 5.97 Å². The van der Waals surface area contributed by atoms with Gasteiger partial charge in [0.15, 0.2) is 0 Å². The minimum absolute atomic E-state index is 0.121. The van der Waals surface area contributed by atoms with Crippen molar-refractivity contribution < 1.29 is 33.8 Å². The number of benzene rings is 1. The van der Waals surface area contributed by atoms with E-state index >= 15 is 0 Å². The summed E-state index contributed by atoms with van der Waals surface area (Å²) in [6.07, 6.45) is 4.03. The SMILES string of the molecule is C=CCCC(=O)NC[C@@H](C)OC(=O)[C@@H]1[C@@H]2CC[C@]3(O2)[C@H](C(=O)N(CC=C)c2c(C)cccc2Cl)N(CCCO)C(=O)[C@@H]13. The number of allylic oxidation sites excluding steroid dienone is 1. The zero-order chi connectivity index (χ0) is 30.6. The second kappa shape index (κ2) is 13.4. The Labute approximate surface area is 251 Å². The largest absolute Gasteiger partial charge is 0.460 e. The highest BCUT2D eigenvalue weighted by Crippen LogP contribution is 2.59. The molecule has 0 radical (unpaired) electrons. The summed E-state index contributed by atoms with van der Waals surface area (Å²) in [7, 11) is 0.